The van der Waals surface area contributed by atoms with Crippen molar-refractivity contribution in [2.75, 3.05) is 30.8 Å². The predicted molar refractivity (Wildman–Crippen MR) is 144 cm³/mol. The number of nitro groups is 1. The molecule has 37 heavy (non-hydrogen) atoms. The fraction of sp³-hybridized carbons (Fsp3) is 0.480. The molecule has 1 aliphatic rings. The number of rotatable bonds is 10. The molecule has 0 aromatic heterocycles. The Morgan fingerprint density at radius 3 is 2.38 bits per heavy atom. The van der Waals surface area contributed by atoms with Gasteiger partial charge in [-0.1, -0.05) is 38.3 Å². The fourth-order valence-electron chi connectivity index (χ4n) is 4.24. The van der Waals surface area contributed by atoms with E-state index in [-0.39, 0.29) is 16.5 Å². The van der Waals surface area contributed by atoms with Crippen LogP contribution in [0.4, 0.5) is 17.1 Å². The van der Waals surface area contributed by atoms with Crippen LogP contribution in [0.2, 0.25) is 5.02 Å². The van der Waals surface area contributed by atoms with Crippen LogP contribution in [-0.4, -0.2) is 49.8 Å². The number of benzene rings is 2. The van der Waals surface area contributed by atoms with Crippen molar-refractivity contribution in [1.29, 1.82) is 0 Å². The highest BCUT2D eigenvalue weighted by Gasteiger charge is 2.29. The van der Waals surface area contributed by atoms with Gasteiger partial charge in [0.15, 0.2) is 0 Å². The van der Waals surface area contributed by atoms with Crippen molar-refractivity contribution < 1.29 is 22.9 Å². The number of carbonyl (C=O) groups excluding carboxylic acids is 1. The lowest BCUT2D eigenvalue weighted by molar-refractivity contribution is -0.384. The van der Waals surface area contributed by atoms with Gasteiger partial charge in [-0.15, -0.1) is 0 Å². The van der Waals surface area contributed by atoms with Crippen molar-refractivity contribution in [3.8, 4) is 5.75 Å². The zero-order valence-corrected chi connectivity index (χ0v) is 22.8. The van der Waals surface area contributed by atoms with E-state index in [4.69, 9.17) is 16.3 Å². The lowest BCUT2D eigenvalue weighted by Gasteiger charge is -2.22. The number of sulfonamides is 1. The molecule has 1 heterocycles. The summed E-state index contributed by atoms with van der Waals surface area (Å²) >= 11 is 6.16. The smallest absolute Gasteiger partial charge is 0.293 e. The lowest BCUT2D eigenvalue weighted by Crippen LogP contribution is -2.36. The van der Waals surface area contributed by atoms with Gasteiger partial charge in [0.1, 0.15) is 17.5 Å². The molecule has 12 heteroatoms. The highest BCUT2D eigenvalue weighted by atomic mass is 35.5. The highest BCUT2D eigenvalue weighted by Crippen LogP contribution is 2.32. The maximum absolute atomic E-state index is 13.2. The molecular formula is C25H33ClN4O6S. The first kappa shape index (κ1) is 28.7. The molecule has 0 aliphatic carbocycles. The molecule has 0 bridgehead atoms. The van der Waals surface area contributed by atoms with E-state index in [1.54, 1.807) is 18.2 Å². The highest BCUT2D eigenvalue weighted by molar-refractivity contribution is 7.89. The number of hydrogen-bond acceptors (Lipinski definition) is 7. The number of hydrogen-bond donors (Lipinski definition) is 2. The zero-order chi connectivity index (χ0) is 27.2. The van der Waals surface area contributed by atoms with Gasteiger partial charge in [0, 0.05) is 24.8 Å². The second kappa shape index (κ2) is 12.6. The van der Waals surface area contributed by atoms with Gasteiger partial charge in [-0.2, -0.15) is 4.31 Å². The van der Waals surface area contributed by atoms with Gasteiger partial charge in [0.2, 0.25) is 15.9 Å². The number of methoxy groups -OCH3 is 1. The van der Waals surface area contributed by atoms with Crippen LogP contribution in [0.1, 0.15) is 46.0 Å². The van der Waals surface area contributed by atoms with E-state index in [0.29, 0.717) is 36.0 Å². The Bertz CT molecular complexity index is 1230. The quantitative estimate of drug-likeness (QED) is 0.302. The predicted octanol–water partition coefficient (Wildman–Crippen LogP) is 5.29. The van der Waals surface area contributed by atoms with Crippen LogP contribution in [0.3, 0.4) is 0 Å². The van der Waals surface area contributed by atoms with Gasteiger partial charge in [0.05, 0.1) is 22.0 Å². The van der Waals surface area contributed by atoms with E-state index in [1.165, 1.54) is 23.5 Å². The van der Waals surface area contributed by atoms with Crippen LogP contribution in [0.5, 0.6) is 5.75 Å². The Morgan fingerprint density at radius 1 is 1.14 bits per heavy atom. The number of nitro benzene ring substituents is 1. The number of amides is 1. The van der Waals surface area contributed by atoms with Crippen LogP contribution in [0.25, 0.3) is 0 Å². The Balaban J connectivity index is 1.87. The largest absolute Gasteiger partial charge is 0.495 e. The molecule has 0 saturated carbocycles. The molecule has 1 saturated heterocycles. The summed E-state index contributed by atoms with van der Waals surface area (Å²) < 4.78 is 32.9. The van der Waals surface area contributed by atoms with E-state index >= 15 is 0 Å². The maximum atomic E-state index is 13.2. The number of anilines is 2. The first-order valence-electron chi connectivity index (χ1n) is 12.2. The number of nitrogens with one attached hydrogen (secondary N) is 2. The van der Waals surface area contributed by atoms with Crippen LogP contribution in [0.15, 0.2) is 41.3 Å². The molecule has 0 radical (unpaired) electrons. The van der Waals surface area contributed by atoms with Gasteiger partial charge < -0.3 is 15.4 Å². The molecule has 1 atom stereocenters. The Morgan fingerprint density at radius 2 is 1.81 bits per heavy atom. The van der Waals surface area contributed by atoms with Gasteiger partial charge in [-0.3, -0.25) is 14.9 Å². The summed E-state index contributed by atoms with van der Waals surface area (Å²) in [5, 5.41) is 18.0. The van der Waals surface area contributed by atoms with Crippen LogP contribution in [-0.2, 0) is 14.8 Å². The topological polar surface area (TPSA) is 131 Å². The van der Waals surface area contributed by atoms with Gasteiger partial charge in [-0.05, 0) is 55.5 Å². The third-order valence-electron chi connectivity index (χ3n) is 6.14. The van der Waals surface area contributed by atoms with Gasteiger partial charge in [-0.25, -0.2) is 8.42 Å². The summed E-state index contributed by atoms with van der Waals surface area (Å²) in [6.45, 7) is 4.64. The molecule has 1 amide bonds. The Hall–Kier alpha value is -2.89. The second-order valence-electron chi connectivity index (χ2n) is 9.42. The SMILES string of the molecule is COc1ccc(NC(=O)[C@H](CC(C)C)Nc2ccc(S(=O)(=O)N3CCCCCC3)cc2[N+](=O)[O-])cc1Cl. The number of carbonyl (C=O) groups is 1. The third-order valence-corrected chi connectivity index (χ3v) is 8.33. The second-order valence-corrected chi connectivity index (χ2v) is 11.8. The molecule has 2 aromatic carbocycles. The molecule has 0 unspecified atom stereocenters. The number of halogens is 1. The van der Waals surface area contributed by atoms with Crippen LogP contribution >= 0.6 is 11.6 Å². The van der Waals surface area contributed by atoms with Crippen molar-refractivity contribution >= 4 is 44.6 Å². The normalized spacial score (nSPS) is 15.6. The van der Waals surface area contributed by atoms with Gasteiger partial charge in [0.25, 0.3) is 5.69 Å². The summed E-state index contributed by atoms with van der Waals surface area (Å²) in [7, 11) is -2.39. The number of ether oxygens (including phenoxy) is 1. The van der Waals surface area contributed by atoms with Crippen LogP contribution < -0.4 is 15.4 Å². The first-order valence-corrected chi connectivity index (χ1v) is 14.0. The van der Waals surface area contributed by atoms with Crippen molar-refractivity contribution in [3.05, 3.63) is 51.5 Å². The third kappa shape index (κ3) is 7.33. The summed E-state index contributed by atoms with van der Waals surface area (Å²) in [4.78, 5) is 24.3. The average molecular weight is 553 g/mol. The van der Waals surface area contributed by atoms with Crippen molar-refractivity contribution in [3.63, 3.8) is 0 Å². The Kier molecular flexibility index (Phi) is 9.74. The zero-order valence-electron chi connectivity index (χ0n) is 21.2. The monoisotopic (exact) mass is 552 g/mol. The molecule has 2 aromatic rings. The van der Waals surface area contributed by atoms with Crippen molar-refractivity contribution in [2.24, 2.45) is 5.92 Å². The van der Waals surface area contributed by atoms with E-state index in [0.717, 1.165) is 31.7 Å². The summed E-state index contributed by atoms with van der Waals surface area (Å²) in [6, 6.07) is 7.76. The average Bonchev–Trinajstić information content (AvgIpc) is 3.14. The Labute approximate surface area is 222 Å². The molecule has 10 nitrogen and oxygen atoms in total. The fourth-order valence-corrected chi connectivity index (χ4v) is 6.04. The minimum absolute atomic E-state index is 0.0633. The molecular weight excluding hydrogens is 520 g/mol. The van der Waals surface area contributed by atoms with Crippen molar-refractivity contribution in [1.82, 2.24) is 4.31 Å². The molecule has 1 aliphatic heterocycles. The van der Waals surface area contributed by atoms with E-state index in [2.05, 4.69) is 10.6 Å². The molecule has 202 valence electrons. The van der Waals surface area contributed by atoms with E-state index < -0.39 is 32.6 Å². The van der Waals surface area contributed by atoms with E-state index in [9.17, 15) is 23.3 Å². The summed E-state index contributed by atoms with van der Waals surface area (Å²) in [6.07, 6.45) is 3.80. The lowest BCUT2D eigenvalue weighted by atomic mass is 10.0. The van der Waals surface area contributed by atoms with Crippen LogP contribution in [0, 0.1) is 16.0 Å². The van der Waals surface area contributed by atoms with Gasteiger partial charge >= 0.3 is 0 Å². The minimum atomic E-state index is -3.87. The van der Waals surface area contributed by atoms with Crippen molar-refractivity contribution in [2.45, 2.75) is 56.9 Å². The number of nitrogens with zero attached hydrogens (tertiary/aromatic N) is 2. The maximum Gasteiger partial charge on any atom is 0.293 e. The summed E-state index contributed by atoms with van der Waals surface area (Å²) in [5.41, 5.74) is 0.0954. The molecule has 0 spiro atoms. The first-order chi connectivity index (χ1) is 17.5. The molecule has 1 fully saturated rings. The van der Waals surface area contributed by atoms with E-state index in [1.807, 2.05) is 13.8 Å². The molecule has 3 rings (SSSR count). The molecule has 2 N–H and O–H groups in total. The minimum Gasteiger partial charge on any atom is -0.495 e. The summed E-state index contributed by atoms with van der Waals surface area (Å²) in [5.74, 6) is 0.136. The standard InChI is InChI=1S/C25H33ClN4O6S/c1-17(2)14-22(25(31)27-18-8-11-24(36-3)20(26)15-18)28-21-10-9-19(16-23(21)30(32)33)37(34,35)29-12-6-4-5-7-13-29/h8-11,15-17,22,28H,4-7,12-14H2,1-3H3,(H,27,31)/t22-/m0/s1.